The molecule has 1 aliphatic carbocycles. The Morgan fingerprint density at radius 1 is 0.356 bits per heavy atom. The van der Waals surface area contributed by atoms with Gasteiger partial charge in [0.2, 0.25) is 0 Å². The number of para-hydroxylation sites is 1. The predicted octanol–water partition coefficient (Wildman–Crippen LogP) is 12.2. The monoisotopic (exact) mass is 769 g/mol. The molecule has 0 unspecified atom stereocenters. The molecule has 1 nitrogen and oxygen atoms in total. The van der Waals surface area contributed by atoms with Crippen LogP contribution in [0.5, 0.6) is 0 Å². The molecule has 0 saturated carbocycles. The molecule has 0 bridgehead atoms. The molecule has 0 atom stereocenters. The van der Waals surface area contributed by atoms with Crippen molar-refractivity contribution in [3.63, 3.8) is 0 Å². The van der Waals surface area contributed by atoms with Crippen molar-refractivity contribution in [3.05, 3.63) is 236 Å². The van der Waals surface area contributed by atoms with Gasteiger partial charge < -0.3 is 4.90 Å². The fraction of sp³-hybridized carbons (Fsp3) is 0.0526. The van der Waals surface area contributed by atoms with E-state index in [4.69, 9.17) is 0 Å². The minimum atomic E-state index is -2.74. The molecule has 9 aromatic rings. The molecule has 0 radical (unpaired) electrons. The number of anilines is 3. The number of hydrogen-bond donors (Lipinski definition) is 0. The maximum atomic E-state index is 2.54. The van der Waals surface area contributed by atoms with Crippen molar-refractivity contribution in [2.24, 2.45) is 0 Å². The van der Waals surface area contributed by atoms with Gasteiger partial charge in [-0.05, 0) is 101 Å². The zero-order valence-electron chi connectivity index (χ0n) is 33.3. The number of hydrogen-bond acceptors (Lipinski definition) is 1. The van der Waals surface area contributed by atoms with E-state index in [0.29, 0.717) is 0 Å². The van der Waals surface area contributed by atoms with Crippen LogP contribution in [0.2, 0.25) is 0 Å². The average Bonchev–Trinajstić information content (AvgIpc) is 3.73. The number of rotatable bonds is 7. The van der Waals surface area contributed by atoms with Crippen molar-refractivity contribution in [2.45, 2.75) is 19.3 Å². The van der Waals surface area contributed by atoms with Gasteiger partial charge in [-0.2, -0.15) is 0 Å². The van der Waals surface area contributed by atoms with Crippen molar-refractivity contribution >= 4 is 45.9 Å². The second-order valence-corrected chi connectivity index (χ2v) is 20.1. The van der Waals surface area contributed by atoms with Crippen LogP contribution in [0.3, 0.4) is 0 Å². The van der Waals surface area contributed by atoms with Crippen LogP contribution in [-0.4, -0.2) is 8.07 Å². The van der Waals surface area contributed by atoms with Crippen molar-refractivity contribution < 1.29 is 0 Å². The van der Waals surface area contributed by atoms with Gasteiger partial charge in [0.05, 0.1) is 5.69 Å². The molecule has 0 saturated heterocycles. The molecule has 0 spiro atoms. The van der Waals surface area contributed by atoms with Crippen molar-refractivity contribution in [3.8, 4) is 44.5 Å². The van der Waals surface area contributed by atoms with Gasteiger partial charge in [0, 0.05) is 22.4 Å². The fourth-order valence-corrected chi connectivity index (χ4v) is 15.6. The van der Waals surface area contributed by atoms with Crippen LogP contribution in [-0.2, 0) is 5.41 Å². The summed E-state index contributed by atoms with van der Waals surface area (Å²) in [6.07, 6.45) is 0. The maximum absolute atomic E-state index is 2.74. The van der Waals surface area contributed by atoms with E-state index in [1.807, 2.05) is 0 Å². The highest BCUT2D eigenvalue weighted by Crippen LogP contribution is 2.55. The first-order valence-corrected chi connectivity index (χ1v) is 22.7. The minimum Gasteiger partial charge on any atom is -0.310 e. The first-order valence-electron chi connectivity index (χ1n) is 20.7. The van der Waals surface area contributed by atoms with Gasteiger partial charge in [0.25, 0.3) is 0 Å². The standard InChI is InChI=1S/C57H43NSi/c1-57(2)50-33-17-15-30-48(50)55-49(32-19-34-51(55)57)56-45(40-21-7-3-8-22-40)31-20-35-52(56)58(41-23-9-4-10-24-41)42-37-38-47-46-29-16-18-36-53(46)59(54(47)39-42,43-25-11-5-12-26-43)44-27-13-6-14-28-44/h3-39H,1-2H3. The highest BCUT2D eigenvalue weighted by molar-refractivity contribution is 7.22. The van der Waals surface area contributed by atoms with Crippen LogP contribution in [0.1, 0.15) is 25.0 Å². The topological polar surface area (TPSA) is 3.24 Å². The first-order chi connectivity index (χ1) is 29.1. The number of nitrogens with zero attached hydrogens (tertiary/aromatic N) is 1. The molecule has 11 rings (SSSR count). The average molecular weight is 770 g/mol. The summed E-state index contributed by atoms with van der Waals surface area (Å²) in [5, 5.41) is 5.66. The van der Waals surface area contributed by atoms with Gasteiger partial charge in [-0.1, -0.05) is 208 Å². The molecule has 0 amide bonds. The van der Waals surface area contributed by atoms with Gasteiger partial charge in [0.1, 0.15) is 0 Å². The quantitative estimate of drug-likeness (QED) is 0.146. The molecule has 2 heteroatoms. The Hall–Kier alpha value is -7.00. The van der Waals surface area contributed by atoms with Crippen LogP contribution in [0.4, 0.5) is 17.1 Å². The van der Waals surface area contributed by atoms with Crippen LogP contribution in [0.25, 0.3) is 44.5 Å². The Kier molecular flexibility index (Phi) is 8.25. The Morgan fingerprint density at radius 3 is 1.59 bits per heavy atom. The van der Waals surface area contributed by atoms with Crippen LogP contribution >= 0.6 is 0 Å². The van der Waals surface area contributed by atoms with Crippen molar-refractivity contribution in [1.29, 1.82) is 0 Å². The molecule has 0 N–H and O–H groups in total. The third-order valence-electron chi connectivity index (χ3n) is 13.0. The van der Waals surface area contributed by atoms with Crippen LogP contribution < -0.4 is 25.6 Å². The van der Waals surface area contributed by atoms with E-state index in [9.17, 15) is 0 Å². The zero-order valence-corrected chi connectivity index (χ0v) is 34.3. The van der Waals surface area contributed by atoms with Crippen LogP contribution in [0.15, 0.2) is 224 Å². The molecular formula is C57H43NSi. The fourth-order valence-electron chi connectivity index (χ4n) is 10.4. The van der Waals surface area contributed by atoms with Crippen molar-refractivity contribution in [1.82, 2.24) is 0 Å². The normalized spacial score (nSPS) is 13.9. The van der Waals surface area contributed by atoms with Crippen LogP contribution in [0, 0.1) is 0 Å². The SMILES string of the molecule is CC1(C)c2ccccc2-c2c(-c3c(-c4ccccc4)cccc3N(c3ccccc3)c3ccc4c(c3)[Si](c3ccccc3)(c3ccccc3)c3ccccc3-4)cccc21. The summed E-state index contributed by atoms with van der Waals surface area (Å²) in [6, 6.07) is 83.8. The third kappa shape index (κ3) is 5.30. The first kappa shape index (κ1) is 35.2. The lowest BCUT2D eigenvalue weighted by Gasteiger charge is -2.33. The Bertz CT molecular complexity index is 2970. The molecule has 280 valence electrons. The molecule has 1 heterocycles. The molecule has 1 aliphatic heterocycles. The second-order valence-electron chi connectivity index (χ2n) is 16.4. The molecule has 2 aliphatic rings. The van der Waals surface area contributed by atoms with E-state index in [1.165, 1.54) is 76.4 Å². The van der Waals surface area contributed by atoms with E-state index < -0.39 is 8.07 Å². The highest BCUT2D eigenvalue weighted by atomic mass is 28.3. The molecule has 0 aromatic heterocycles. The number of benzene rings is 9. The van der Waals surface area contributed by atoms with E-state index >= 15 is 0 Å². The molecule has 9 aromatic carbocycles. The van der Waals surface area contributed by atoms with Crippen molar-refractivity contribution in [2.75, 3.05) is 4.90 Å². The summed E-state index contributed by atoms with van der Waals surface area (Å²) in [4.78, 5) is 2.52. The van der Waals surface area contributed by atoms with E-state index in [0.717, 1.165) is 17.1 Å². The summed E-state index contributed by atoms with van der Waals surface area (Å²) < 4.78 is 0. The van der Waals surface area contributed by atoms with Gasteiger partial charge in [0.15, 0.2) is 8.07 Å². The maximum Gasteiger partial charge on any atom is 0.180 e. The lowest BCUT2D eigenvalue weighted by molar-refractivity contribution is 0.660. The largest absolute Gasteiger partial charge is 0.310 e. The smallest absolute Gasteiger partial charge is 0.180 e. The van der Waals surface area contributed by atoms with E-state index in [2.05, 4.69) is 243 Å². The summed E-state index contributed by atoms with van der Waals surface area (Å²) >= 11 is 0. The highest BCUT2D eigenvalue weighted by Gasteiger charge is 2.49. The summed E-state index contributed by atoms with van der Waals surface area (Å²) in [7, 11) is -2.74. The van der Waals surface area contributed by atoms with Gasteiger partial charge in [-0.15, -0.1) is 0 Å². The number of fused-ring (bicyclic) bond motifs is 6. The van der Waals surface area contributed by atoms with E-state index in [1.54, 1.807) is 0 Å². The van der Waals surface area contributed by atoms with Gasteiger partial charge in [-0.25, -0.2) is 0 Å². The predicted molar refractivity (Wildman–Crippen MR) is 252 cm³/mol. The Balaban J connectivity index is 1.23. The lowest BCUT2D eigenvalue weighted by Crippen LogP contribution is -2.72. The summed E-state index contributed by atoms with van der Waals surface area (Å²) in [5.41, 5.74) is 16.2. The minimum absolute atomic E-state index is 0.124. The summed E-state index contributed by atoms with van der Waals surface area (Å²) in [6.45, 7) is 4.75. The summed E-state index contributed by atoms with van der Waals surface area (Å²) in [5.74, 6) is 0. The van der Waals surface area contributed by atoms with E-state index in [-0.39, 0.29) is 5.41 Å². The lowest BCUT2D eigenvalue weighted by atomic mass is 9.81. The second kappa shape index (κ2) is 13.8. The molecule has 0 fully saturated rings. The Morgan fingerprint density at radius 2 is 0.881 bits per heavy atom. The molecular weight excluding hydrogens is 727 g/mol. The zero-order chi connectivity index (χ0) is 39.6. The van der Waals surface area contributed by atoms with Gasteiger partial charge >= 0.3 is 0 Å². The van der Waals surface area contributed by atoms with Gasteiger partial charge in [-0.3, -0.25) is 0 Å². The Labute approximate surface area is 348 Å². The molecule has 59 heavy (non-hydrogen) atoms. The third-order valence-corrected chi connectivity index (χ3v) is 17.8.